The lowest BCUT2D eigenvalue weighted by Crippen LogP contribution is -2.24. The third kappa shape index (κ3) is 5.46. The zero-order valence-corrected chi connectivity index (χ0v) is 20.7. The van der Waals surface area contributed by atoms with Crippen molar-refractivity contribution in [3.05, 3.63) is 102 Å². The number of amides is 1. The zero-order chi connectivity index (χ0) is 25.6. The molecule has 0 aliphatic rings. The summed E-state index contributed by atoms with van der Waals surface area (Å²) in [5, 5.41) is 21.2. The van der Waals surface area contributed by atoms with Crippen LogP contribution in [0.2, 0.25) is 0 Å². The molecule has 2 aromatic heterocycles. The van der Waals surface area contributed by atoms with Gasteiger partial charge in [0.05, 0.1) is 11.9 Å². The molecule has 0 radical (unpaired) electrons. The van der Waals surface area contributed by atoms with Crippen molar-refractivity contribution in [1.29, 1.82) is 0 Å². The zero-order valence-electron chi connectivity index (χ0n) is 20.7. The van der Waals surface area contributed by atoms with Gasteiger partial charge < -0.3 is 15.7 Å². The van der Waals surface area contributed by atoms with Crippen molar-refractivity contribution in [2.75, 3.05) is 18.4 Å². The fraction of sp³-hybridized carbons (Fsp3) is 0.167. The van der Waals surface area contributed by atoms with Crippen LogP contribution < -0.4 is 10.6 Å². The third-order valence-electron chi connectivity index (χ3n) is 6.28. The van der Waals surface area contributed by atoms with Crippen molar-refractivity contribution in [3.63, 3.8) is 0 Å². The Balaban J connectivity index is 1.14. The number of phenolic OH excluding ortho intramolecular Hbond substituents is 1. The number of phenols is 1. The molecule has 0 atom stereocenters. The number of carbonyl (C=O) groups excluding carboxylic acids is 1. The van der Waals surface area contributed by atoms with Gasteiger partial charge in [0.15, 0.2) is 5.65 Å². The van der Waals surface area contributed by atoms with Gasteiger partial charge in [0.1, 0.15) is 11.6 Å². The van der Waals surface area contributed by atoms with Gasteiger partial charge in [-0.05, 0) is 55.2 Å². The van der Waals surface area contributed by atoms with Crippen LogP contribution in [0.25, 0.3) is 28.0 Å². The molecule has 0 saturated carbocycles. The number of para-hydroxylation sites is 1. The van der Waals surface area contributed by atoms with E-state index in [2.05, 4.69) is 27.9 Å². The van der Waals surface area contributed by atoms with E-state index in [4.69, 9.17) is 4.98 Å². The molecular weight excluding hydrogens is 462 g/mol. The number of carbonyl (C=O) groups is 1. The first-order chi connectivity index (χ1) is 18.1. The highest BCUT2D eigenvalue weighted by molar-refractivity contribution is 5.94. The fourth-order valence-corrected chi connectivity index (χ4v) is 4.24. The van der Waals surface area contributed by atoms with Gasteiger partial charge in [-0.25, -0.2) is 4.98 Å². The summed E-state index contributed by atoms with van der Waals surface area (Å²) in [7, 11) is 0. The molecule has 37 heavy (non-hydrogen) atoms. The molecule has 0 bridgehead atoms. The summed E-state index contributed by atoms with van der Waals surface area (Å²) < 4.78 is 1.78. The van der Waals surface area contributed by atoms with Crippen molar-refractivity contribution in [2.24, 2.45) is 0 Å². The number of unbranched alkanes of at least 4 members (excludes halogenated alkanes) is 1. The van der Waals surface area contributed by atoms with E-state index in [1.54, 1.807) is 22.8 Å². The summed E-state index contributed by atoms with van der Waals surface area (Å²) in [5.74, 6) is 0.926. The molecule has 186 valence electrons. The Hall–Kier alpha value is -4.65. The molecule has 3 aromatic carbocycles. The van der Waals surface area contributed by atoms with Gasteiger partial charge >= 0.3 is 0 Å². The average molecular weight is 492 g/mol. The lowest BCUT2D eigenvalue weighted by Gasteiger charge is -2.12. The van der Waals surface area contributed by atoms with Gasteiger partial charge in [-0.3, -0.25) is 4.79 Å². The van der Waals surface area contributed by atoms with Crippen LogP contribution in [-0.2, 0) is 0 Å². The number of aromatic nitrogens is 3. The van der Waals surface area contributed by atoms with E-state index in [0.29, 0.717) is 29.9 Å². The molecule has 7 nitrogen and oxygen atoms in total. The summed E-state index contributed by atoms with van der Waals surface area (Å²) in [6.07, 6.45) is 3.48. The standard InChI is InChI=1S/C30H29N5O2/c1-21-20-33-35-28(19-26(34-29(21)35)25-11-5-6-12-27(25)36)31-17-7-8-18-32-30(37)24-15-13-23(14-16-24)22-9-3-2-4-10-22/h2-6,9-16,19-20,31,36H,7-8,17-18H2,1H3,(H,32,37). The molecule has 0 spiro atoms. The molecule has 1 amide bonds. The minimum Gasteiger partial charge on any atom is -0.507 e. The highest BCUT2D eigenvalue weighted by atomic mass is 16.3. The predicted molar refractivity (Wildman–Crippen MR) is 147 cm³/mol. The van der Waals surface area contributed by atoms with E-state index in [1.807, 2.05) is 67.6 Å². The Morgan fingerprint density at radius 3 is 2.38 bits per heavy atom. The lowest BCUT2D eigenvalue weighted by atomic mass is 10.0. The Morgan fingerprint density at radius 2 is 1.59 bits per heavy atom. The number of hydrogen-bond donors (Lipinski definition) is 3. The van der Waals surface area contributed by atoms with Crippen LogP contribution in [0.1, 0.15) is 28.8 Å². The minimum atomic E-state index is -0.0669. The number of anilines is 1. The summed E-state index contributed by atoms with van der Waals surface area (Å²) in [6.45, 7) is 3.27. The highest BCUT2D eigenvalue weighted by Crippen LogP contribution is 2.30. The molecular formula is C30H29N5O2. The summed E-state index contributed by atoms with van der Waals surface area (Å²) in [4.78, 5) is 17.2. The van der Waals surface area contributed by atoms with Crippen LogP contribution in [0.15, 0.2) is 91.1 Å². The van der Waals surface area contributed by atoms with E-state index in [0.717, 1.165) is 41.0 Å². The van der Waals surface area contributed by atoms with Crippen LogP contribution in [0, 0.1) is 6.92 Å². The second kappa shape index (κ2) is 11.0. The first-order valence-electron chi connectivity index (χ1n) is 12.4. The summed E-state index contributed by atoms with van der Waals surface area (Å²) >= 11 is 0. The maximum atomic E-state index is 12.5. The lowest BCUT2D eigenvalue weighted by molar-refractivity contribution is 0.0953. The van der Waals surface area contributed by atoms with Crippen LogP contribution in [0.3, 0.4) is 0 Å². The normalized spacial score (nSPS) is 10.9. The van der Waals surface area contributed by atoms with Crippen LogP contribution in [0.4, 0.5) is 5.82 Å². The van der Waals surface area contributed by atoms with Crippen molar-refractivity contribution in [3.8, 4) is 28.1 Å². The SMILES string of the molecule is Cc1cnn2c(NCCCCNC(=O)c3ccc(-c4ccccc4)cc3)cc(-c3ccccc3O)nc12. The quantitative estimate of drug-likeness (QED) is 0.230. The van der Waals surface area contributed by atoms with Crippen molar-refractivity contribution in [1.82, 2.24) is 19.9 Å². The van der Waals surface area contributed by atoms with E-state index in [1.165, 1.54) is 0 Å². The second-order valence-corrected chi connectivity index (χ2v) is 8.94. The largest absolute Gasteiger partial charge is 0.507 e. The van der Waals surface area contributed by atoms with E-state index >= 15 is 0 Å². The number of aryl methyl sites for hydroxylation is 1. The van der Waals surface area contributed by atoms with Crippen LogP contribution in [0.5, 0.6) is 5.75 Å². The average Bonchev–Trinajstić information content (AvgIpc) is 3.32. The number of aromatic hydroxyl groups is 1. The molecule has 0 unspecified atom stereocenters. The van der Waals surface area contributed by atoms with E-state index in [9.17, 15) is 9.90 Å². The number of rotatable bonds is 9. The van der Waals surface area contributed by atoms with Gasteiger partial charge in [0.25, 0.3) is 5.91 Å². The fourth-order valence-electron chi connectivity index (χ4n) is 4.24. The minimum absolute atomic E-state index is 0.0669. The summed E-state index contributed by atoms with van der Waals surface area (Å²) in [6, 6.07) is 26.9. The number of hydrogen-bond acceptors (Lipinski definition) is 5. The third-order valence-corrected chi connectivity index (χ3v) is 6.28. The van der Waals surface area contributed by atoms with Crippen LogP contribution in [-0.4, -0.2) is 38.7 Å². The molecule has 0 saturated heterocycles. The molecule has 5 rings (SSSR count). The highest BCUT2D eigenvalue weighted by Gasteiger charge is 2.13. The maximum Gasteiger partial charge on any atom is 0.251 e. The Kier molecular flexibility index (Phi) is 7.12. The smallest absolute Gasteiger partial charge is 0.251 e. The number of nitrogens with zero attached hydrogens (tertiary/aromatic N) is 3. The molecule has 7 heteroatoms. The molecule has 3 N–H and O–H groups in total. The maximum absolute atomic E-state index is 12.5. The molecule has 2 heterocycles. The first kappa shape index (κ1) is 24.1. The Morgan fingerprint density at radius 1 is 0.892 bits per heavy atom. The van der Waals surface area contributed by atoms with Gasteiger partial charge in [0, 0.05) is 35.8 Å². The first-order valence-corrected chi connectivity index (χ1v) is 12.4. The Labute approximate surface area is 215 Å². The van der Waals surface area contributed by atoms with Crippen LogP contribution >= 0.6 is 0 Å². The topological polar surface area (TPSA) is 91.5 Å². The van der Waals surface area contributed by atoms with Crippen molar-refractivity contribution < 1.29 is 9.90 Å². The van der Waals surface area contributed by atoms with Gasteiger partial charge in [-0.15, -0.1) is 0 Å². The molecule has 0 aliphatic heterocycles. The number of benzene rings is 3. The monoisotopic (exact) mass is 491 g/mol. The van der Waals surface area contributed by atoms with Crippen molar-refractivity contribution in [2.45, 2.75) is 19.8 Å². The summed E-state index contributed by atoms with van der Waals surface area (Å²) in [5.41, 5.74) is 5.93. The Bertz CT molecular complexity index is 1510. The molecule has 0 fully saturated rings. The molecule has 5 aromatic rings. The van der Waals surface area contributed by atoms with E-state index in [-0.39, 0.29) is 11.7 Å². The predicted octanol–water partition coefficient (Wildman–Crippen LogP) is 5.70. The van der Waals surface area contributed by atoms with Gasteiger partial charge in [-0.2, -0.15) is 9.61 Å². The molecule has 0 aliphatic carbocycles. The van der Waals surface area contributed by atoms with Gasteiger partial charge in [0.2, 0.25) is 0 Å². The number of nitrogens with one attached hydrogen (secondary N) is 2. The van der Waals surface area contributed by atoms with E-state index < -0.39 is 0 Å². The van der Waals surface area contributed by atoms with Gasteiger partial charge in [-0.1, -0.05) is 54.6 Å². The second-order valence-electron chi connectivity index (χ2n) is 8.94. The number of fused-ring (bicyclic) bond motifs is 1. The van der Waals surface area contributed by atoms with Crippen molar-refractivity contribution >= 4 is 17.4 Å².